The zero-order valence-corrected chi connectivity index (χ0v) is 10.5. The van der Waals surface area contributed by atoms with Gasteiger partial charge >= 0.3 is 0 Å². The van der Waals surface area contributed by atoms with Crippen LogP contribution >= 0.6 is 11.3 Å². The minimum absolute atomic E-state index is 0.0964. The summed E-state index contributed by atoms with van der Waals surface area (Å²) in [7, 11) is 0. The molecule has 0 spiro atoms. The lowest BCUT2D eigenvalue weighted by atomic mass is 9.98. The molecule has 1 aliphatic rings. The summed E-state index contributed by atoms with van der Waals surface area (Å²) in [6.45, 7) is 8.53. The van der Waals surface area contributed by atoms with Crippen LogP contribution in [0.5, 0.6) is 0 Å². The van der Waals surface area contributed by atoms with Gasteiger partial charge < -0.3 is 0 Å². The van der Waals surface area contributed by atoms with Gasteiger partial charge in [0.25, 0.3) is 0 Å². The van der Waals surface area contributed by atoms with Gasteiger partial charge in [0.05, 0.1) is 22.2 Å². The van der Waals surface area contributed by atoms with Crippen molar-refractivity contribution in [3.63, 3.8) is 0 Å². The minimum atomic E-state index is -0.175. The Bertz CT molecular complexity index is 427. The van der Waals surface area contributed by atoms with Gasteiger partial charge in [-0.15, -0.1) is 11.3 Å². The van der Waals surface area contributed by atoms with Gasteiger partial charge in [0, 0.05) is 10.3 Å². The van der Waals surface area contributed by atoms with E-state index >= 15 is 0 Å². The van der Waals surface area contributed by atoms with Crippen molar-refractivity contribution in [2.24, 2.45) is 0 Å². The Labute approximate surface area is 95.0 Å². The molecule has 2 nitrogen and oxygen atoms in total. The number of hydrogen-bond acceptors (Lipinski definition) is 3. The molecule has 0 radical (unpaired) electrons. The molecule has 0 saturated heterocycles. The Hall–Kier alpha value is -0.880. The van der Waals surface area contributed by atoms with Crippen molar-refractivity contribution in [2.45, 2.75) is 51.4 Å². The summed E-state index contributed by atoms with van der Waals surface area (Å²) in [5.74, 6) is 0. The number of rotatable bonds is 1. The fourth-order valence-electron chi connectivity index (χ4n) is 1.68. The smallest absolute Gasteiger partial charge is 0.0985 e. The highest BCUT2D eigenvalue weighted by Crippen LogP contribution is 2.51. The van der Waals surface area contributed by atoms with E-state index in [-0.39, 0.29) is 10.8 Å². The van der Waals surface area contributed by atoms with Gasteiger partial charge in [-0.3, -0.25) is 0 Å². The van der Waals surface area contributed by atoms with Gasteiger partial charge in [0.1, 0.15) is 0 Å². The van der Waals surface area contributed by atoms with Crippen LogP contribution in [0.3, 0.4) is 0 Å². The van der Waals surface area contributed by atoms with Crippen LogP contribution in [-0.2, 0) is 10.8 Å². The lowest BCUT2D eigenvalue weighted by Gasteiger charge is -2.13. The highest BCUT2D eigenvalue weighted by Gasteiger charge is 2.48. The Morgan fingerprint density at radius 3 is 2.33 bits per heavy atom. The van der Waals surface area contributed by atoms with Gasteiger partial charge in [-0.25, -0.2) is 4.98 Å². The van der Waals surface area contributed by atoms with Crippen LogP contribution in [0.15, 0.2) is 0 Å². The van der Waals surface area contributed by atoms with Crippen molar-refractivity contribution < 1.29 is 0 Å². The van der Waals surface area contributed by atoms with Crippen molar-refractivity contribution in [1.82, 2.24) is 4.98 Å². The standard InChI is InChI=1S/C12H16N2S/c1-8-9(12(7-13)5-6-12)15-10(14-8)11(2,3)4/h5-6H2,1-4H3. The maximum Gasteiger partial charge on any atom is 0.0985 e. The first-order chi connectivity index (χ1) is 6.89. The van der Waals surface area contributed by atoms with Crippen LogP contribution < -0.4 is 0 Å². The average molecular weight is 220 g/mol. The van der Waals surface area contributed by atoms with Gasteiger partial charge in [-0.05, 0) is 19.8 Å². The first-order valence-corrected chi connectivity index (χ1v) is 6.10. The predicted octanol–water partition coefficient (Wildman–Crippen LogP) is 3.30. The molecule has 3 heteroatoms. The van der Waals surface area contributed by atoms with Crippen LogP contribution in [-0.4, -0.2) is 4.98 Å². The summed E-state index contributed by atoms with van der Waals surface area (Å²) in [6, 6.07) is 2.44. The molecule has 0 unspecified atom stereocenters. The van der Waals surface area contributed by atoms with E-state index in [0.717, 1.165) is 23.5 Å². The van der Waals surface area contributed by atoms with E-state index < -0.39 is 0 Å². The molecule has 15 heavy (non-hydrogen) atoms. The Balaban J connectivity index is 2.44. The fraction of sp³-hybridized carbons (Fsp3) is 0.667. The van der Waals surface area contributed by atoms with Crippen LogP contribution in [0.25, 0.3) is 0 Å². The maximum absolute atomic E-state index is 9.18. The molecular formula is C12H16N2S. The molecule has 0 amide bonds. The monoisotopic (exact) mass is 220 g/mol. The second-order valence-electron chi connectivity index (χ2n) is 5.38. The highest BCUT2D eigenvalue weighted by molar-refractivity contribution is 7.12. The molecule has 0 N–H and O–H groups in total. The summed E-state index contributed by atoms with van der Waals surface area (Å²) in [5.41, 5.74) is 0.980. The van der Waals surface area contributed by atoms with Crippen molar-refractivity contribution in [3.8, 4) is 6.07 Å². The number of thiazole rings is 1. The van der Waals surface area contributed by atoms with E-state index in [9.17, 15) is 5.26 Å². The van der Waals surface area contributed by atoms with E-state index in [0.29, 0.717) is 0 Å². The SMILES string of the molecule is Cc1nc(C(C)(C)C)sc1C1(C#N)CC1. The molecule has 2 rings (SSSR count). The van der Waals surface area contributed by atoms with Crippen LogP contribution in [0.1, 0.15) is 49.2 Å². The lowest BCUT2D eigenvalue weighted by molar-refractivity contribution is 0.584. The third-order valence-corrected chi connectivity index (χ3v) is 4.62. The van der Waals surface area contributed by atoms with Gasteiger partial charge in [-0.1, -0.05) is 20.8 Å². The molecule has 0 aromatic carbocycles. The summed E-state index contributed by atoms with van der Waals surface area (Å²) < 4.78 is 0. The Morgan fingerprint density at radius 2 is 2.00 bits per heavy atom. The third kappa shape index (κ3) is 1.68. The number of nitrogens with zero attached hydrogens (tertiary/aromatic N) is 2. The predicted molar refractivity (Wildman–Crippen MR) is 62.1 cm³/mol. The average Bonchev–Trinajstić information content (AvgIpc) is 2.82. The van der Waals surface area contributed by atoms with Gasteiger partial charge in [0.2, 0.25) is 0 Å². The summed E-state index contributed by atoms with van der Waals surface area (Å²) >= 11 is 1.73. The van der Waals surface area contributed by atoms with Crippen LogP contribution in [0.4, 0.5) is 0 Å². The second-order valence-corrected chi connectivity index (χ2v) is 6.38. The van der Waals surface area contributed by atoms with Crippen molar-refractivity contribution in [3.05, 3.63) is 15.6 Å². The zero-order valence-electron chi connectivity index (χ0n) is 9.72. The highest BCUT2D eigenvalue weighted by atomic mass is 32.1. The van der Waals surface area contributed by atoms with Gasteiger partial charge in [-0.2, -0.15) is 5.26 Å². The number of nitriles is 1. The quantitative estimate of drug-likeness (QED) is 0.728. The van der Waals surface area contributed by atoms with E-state index in [1.165, 1.54) is 4.88 Å². The molecule has 1 aliphatic carbocycles. The largest absolute Gasteiger partial charge is 0.246 e. The number of aromatic nitrogens is 1. The van der Waals surface area contributed by atoms with Gasteiger partial charge in [0.15, 0.2) is 0 Å². The normalized spacial score (nSPS) is 18.6. The maximum atomic E-state index is 9.18. The topological polar surface area (TPSA) is 36.7 Å². The fourth-order valence-corrected chi connectivity index (χ4v) is 3.00. The van der Waals surface area contributed by atoms with E-state index in [1.807, 2.05) is 6.92 Å². The molecule has 1 saturated carbocycles. The molecule has 1 aromatic rings. The summed E-state index contributed by atoms with van der Waals surface area (Å²) in [5, 5.41) is 10.3. The van der Waals surface area contributed by atoms with E-state index in [1.54, 1.807) is 11.3 Å². The molecule has 0 bridgehead atoms. The van der Waals surface area contributed by atoms with E-state index in [2.05, 4.69) is 31.8 Å². The number of aryl methyl sites for hydroxylation is 1. The summed E-state index contributed by atoms with van der Waals surface area (Å²) in [4.78, 5) is 5.81. The Kier molecular flexibility index (Phi) is 2.16. The lowest BCUT2D eigenvalue weighted by Crippen LogP contribution is -2.10. The van der Waals surface area contributed by atoms with Crippen LogP contribution in [0, 0.1) is 18.3 Å². The molecule has 1 aromatic heterocycles. The zero-order chi connectivity index (χ0) is 11.3. The third-order valence-electron chi connectivity index (χ3n) is 2.84. The first-order valence-electron chi connectivity index (χ1n) is 5.29. The first kappa shape index (κ1) is 10.6. The Morgan fingerprint density at radius 1 is 1.40 bits per heavy atom. The van der Waals surface area contributed by atoms with Crippen molar-refractivity contribution >= 4 is 11.3 Å². The molecule has 1 fully saturated rings. The van der Waals surface area contributed by atoms with E-state index in [4.69, 9.17) is 0 Å². The molecular weight excluding hydrogens is 204 g/mol. The molecule has 0 aliphatic heterocycles. The molecule has 1 heterocycles. The van der Waals surface area contributed by atoms with Crippen molar-refractivity contribution in [2.75, 3.05) is 0 Å². The summed E-state index contributed by atoms with van der Waals surface area (Å²) in [6.07, 6.45) is 2.02. The molecule has 0 atom stereocenters. The van der Waals surface area contributed by atoms with Crippen LogP contribution in [0.2, 0.25) is 0 Å². The minimum Gasteiger partial charge on any atom is -0.246 e. The second kappa shape index (κ2) is 3.05. The number of hydrogen-bond donors (Lipinski definition) is 0. The van der Waals surface area contributed by atoms with Crippen molar-refractivity contribution in [1.29, 1.82) is 5.26 Å². The molecule has 80 valence electrons.